The zero-order chi connectivity index (χ0) is 14.0. The molecular formula is C16H33N3O. The maximum atomic E-state index is 5.08. The van der Waals surface area contributed by atoms with Crippen molar-refractivity contribution in [1.82, 2.24) is 15.1 Å². The molecule has 0 aromatic heterocycles. The van der Waals surface area contributed by atoms with E-state index in [4.69, 9.17) is 4.74 Å². The van der Waals surface area contributed by atoms with Crippen LogP contribution in [-0.2, 0) is 4.74 Å². The standard InChI is InChI=1S/C16H33N3O/c1-20-13-7-17-14-16-6-5-10-19(15-16)12-11-18-8-3-2-4-9-18/h16-17H,2-15H2,1H3. The molecule has 1 N–H and O–H groups in total. The van der Waals surface area contributed by atoms with Gasteiger partial charge >= 0.3 is 0 Å². The number of methoxy groups -OCH3 is 1. The third-order valence-electron chi connectivity index (χ3n) is 4.70. The SMILES string of the molecule is COCCNCC1CCCN(CCN2CCCCC2)C1. The van der Waals surface area contributed by atoms with Crippen molar-refractivity contribution >= 4 is 0 Å². The average molecular weight is 283 g/mol. The molecule has 4 heteroatoms. The van der Waals surface area contributed by atoms with Gasteiger partial charge in [-0.2, -0.15) is 0 Å². The minimum absolute atomic E-state index is 0.825. The van der Waals surface area contributed by atoms with Crippen molar-refractivity contribution in [3.8, 4) is 0 Å². The molecule has 2 aliphatic rings. The summed E-state index contributed by atoms with van der Waals surface area (Å²) < 4.78 is 5.08. The lowest BCUT2D eigenvalue weighted by atomic mass is 9.98. The van der Waals surface area contributed by atoms with Gasteiger partial charge in [0.15, 0.2) is 0 Å². The van der Waals surface area contributed by atoms with Crippen LogP contribution in [0.15, 0.2) is 0 Å². The molecule has 2 aliphatic heterocycles. The summed E-state index contributed by atoms with van der Waals surface area (Å²) in [4.78, 5) is 5.34. The number of hydrogen-bond donors (Lipinski definition) is 1. The van der Waals surface area contributed by atoms with Gasteiger partial charge in [-0.05, 0) is 57.8 Å². The lowest BCUT2D eigenvalue weighted by Crippen LogP contribution is -2.44. The summed E-state index contributed by atoms with van der Waals surface area (Å²) in [7, 11) is 1.77. The summed E-state index contributed by atoms with van der Waals surface area (Å²) in [5, 5.41) is 3.52. The van der Waals surface area contributed by atoms with Crippen LogP contribution in [0.25, 0.3) is 0 Å². The van der Waals surface area contributed by atoms with Crippen molar-refractivity contribution in [3.05, 3.63) is 0 Å². The summed E-state index contributed by atoms with van der Waals surface area (Å²) in [6.07, 6.45) is 7.02. The molecule has 4 nitrogen and oxygen atoms in total. The van der Waals surface area contributed by atoms with E-state index in [0.29, 0.717) is 0 Å². The molecule has 0 aromatic rings. The van der Waals surface area contributed by atoms with E-state index in [1.54, 1.807) is 7.11 Å². The van der Waals surface area contributed by atoms with Gasteiger partial charge in [0.05, 0.1) is 6.61 Å². The highest BCUT2D eigenvalue weighted by atomic mass is 16.5. The highest BCUT2D eigenvalue weighted by Gasteiger charge is 2.20. The molecule has 2 heterocycles. The number of nitrogens with zero attached hydrogens (tertiary/aromatic N) is 2. The summed E-state index contributed by atoms with van der Waals surface area (Å²) in [5.41, 5.74) is 0. The van der Waals surface area contributed by atoms with Crippen molar-refractivity contribution in [3.63, 3.8) is 0 Å². The Labute approximate surface area is 124 Å². The smallest absolute Gasteiger partial charge is 0.0587 e. The largest absolute Gasteiger partial charge is 0.383 e. The minimum atomic E-state index is 0.825. The molecule has 0 spiro atoms. The van der Waals surface area contributed by atoms with Crippen LogP contribution in [0.5, 0.6) is 0 Å². The third-order valence-corrected chi connectivity index (χ3v) is 4.70. The maximum Gasteiger partial charge on any atom is 0.0587 e. The molecule has 0 aliphatic carbocycles. The third kappa shape index (κ3) is 6.08. The van der Waals surface area contributed by atoms with E-state index >= 15 is 0 Å². The second-order valence-corrected chi connectivity index (χ2v) is 6.41. The molecule has 118 valence electrons. The van der Waals surface area contributed by atoms with Crippen LogP contribution < -0.4 is 5.32 Å². The van der Waals surface area contributed by atoms with Crippen LogP contribution in [-0.4, -0.2) is 75.9 Å². The Morgan fingerprint density at radius 1 is 1.00 bits per heavy atom. The fourth-order valence-corrected chi connectivity index (χ4v) is 3.47. The number of nitrogens with one attached hydrogen (secondary N) is 1. The van der Waals surface area contributed by atoms with E-state index in [0.717, 1.165) is 25.6 Å². The normalized spacial score (nSPS) is 25.9. The first-order valence-corrected chi connectivity index (χ1v) is 8.53. The van der Waals surface area contributed by atoms with Crippen LogP contribution in [0.3, 0.4) is 0 Å². The summed E-state index contributed by atoms with van der Waals surface area (Å²) >= 11 is 0. The Morgan fingerprint density at radius 2 is 1.75 bits per heavy atom. The van der Waals surface area contributed by atoms with Gasteiger partial charge in [-0.3, -0.25) is 0 Å². The summed E-state index contributed by atoms with van der Waals surface area (Å²) in [5.74, 6) is 0.835. The van der Waals surface area contributed by atoms with E-state index in [1.807, 2.05) is 0 Å². The molecular weight excluding hydrogens is 250 g/mol. The topological polar surface area (TPSA) is 27.7 Å². The predicted octanol–water partition coefficient (Wildman–Crippen LogP) is 1.42. The first-order chi connectivity index (χ1) is 9.88. The van der Waals surface area contributed by atoms with Crippen LogP contribution in [0.4, 0.5) is 0 Å². The van der Waals surface area contributed by atoms with E-state index in [-0.39, 0.29) is 0 Å². The zero-order valence-corrected chi connectivity index (χ0v) is 13.3. The Hall–Kier alpha value is -0.160. The van der Waals surface area contributed by atoms with Gasteiger partial charge in [0, 0.05) is 33.3 Å². The molecule has 0 aromatic carbocycles. The zero-order valence-electron chi connectivity index (χ0n) is 13.3. The van der Waals surface area contributed by atoms with Crippen molar-refractivity contribution in [2.75, 3.05) is 66.1 Å². The van der Waals surface area contributed by atoms with Gasteiger partial charge in [-0.25, -0.2) is 0 Å². The van der Waals surface area contributed by atoms with E-state index in [1.165, 1.54) is 71.4 Å². The van der Waals surface area contributed by atoms with Crippen molar-refractivity contribution < 1.29 is 4.74 Å². The van der Waals surface area contributed by atoms with Crippen LogP contribution in [0.1, 0.15) is 32.1 Å². The average Bonchev–Trinajstić information content (AvgIpc) is 2.51. The number of ether oxygens (including phenoxy) is 1. The molecule has 2 saturated heterocycles. The first kappa shape index (κ1) is 16.2. The van der Waals surface area contributed by atoms with Crippen molar-refractivity contribution in [2.45, 2.75) is 32.1 Å². The monoisotopic (exact) mass is 283 g/mol. The molecule has 0 bridgehead atoms. The van der Waals surface area contributed by atoms with E-state index in [9.17, 15) is 0 Å². The Bertz CT molecular complexity index is 244. The molecule has 2 rings (SSSR count). The van der Waals surface area contributed by atoms with Gasteiger partial charge in [-0.15, -0.1) is 0 Å². The fraction of sp³-hybridized carbons (Fsp3) is 1.00. The molecule has 20 heavy (non-hydrogen) atoms. The second kappa shape index (κ2) is 9.72. The molecule has 0 amide bonds. The Balaban J connectivity index is 1.57. The molecule has 1 atom stereocenters. The van der Waals surface area contributed by atoms with Gasteiger partial charge in [-0.1, -0.05) is 6.42 Å². The van der Waals surface area contributed by atoms with Crippen LogP contribution in [0, 0.1) is 5.92 Å². The molecule has 0 radical (unpaired) electrons. The van der Waals surface area contributed by atoms with E-state index in [2.05, 4.69) is 15.1 Å². The number of rotatable bonds is 8. The number of piperidine rings is 2. The summed E-state index contributed by atoms with van der Waals surface area (Å²) in [6, 6.07) is 0. The number of likely N-dealkylation sites (tertiary alicyclic amines) is 2. The lowest BCUT2D eigenvalue weighted by molar-refractivity contribution is 0.136. The number of hydrogen-bond acceptors (Lipinski definition) is 4. The van der Waals surface area contributed by atoms with Crippen LogP contribution >= 0.6 is 0 Å². The Kier molecular flexibility index (Phi) is 7.88. The van der Waals surface area contributed by atoms with Gasteiger partial charge < -0.3 is 19.9 Å². The molecule has 1 unspecified atom stereocenters. The maximum absolute atomic E-state index is 5.08. The van der Waals surface area contributed by atoms with E-state index < -0.39 is 0 Å². The minimum Gasteiger partial charge on any atom is -0.383 e. The van der Waals surface area contributed by atoms with Crippen molar-refractivity contribution in [1.29, 1.82) is 0 Å². The fourth-order valence-electron chi connectivity index (χ4n) is 3.47. The van der Waals surface area contributed by atoms with Crippen LogP contribution in [0.2, 0.25) is 0 Å². The highest BCUT2D eigenvalue weighted by molar-refractivity contribution is 4.76. The lowest BCUT2D eigenvalue weighted by Gasteiger charge is -2.35. The Morgan fingerprint density at radius 3 is 2.55 bits per heavy atom. The first-order valence-electron chi connectivity index (χ1n) is 8.53. The van der Waals surface area contributed by atoms with Crippen molar-refractivity contribution in [2.24, 2.45) is 5.92 Å². The quantitative estimate of drug-likeness (QED) is 0.682. The highest BCUT2D eigenvalue weighted by Crippen LogP contribution is 2.16. The van der Waals surface area contributed by atoms with Gasteiger partial charge in [0.2, 0.25) is 0 Å². The van der Waals surface area contributed by atoms with Gasteiger partial charge in [0.25, 0.3) is 0 Å². The van der Waals surface area contributed by atoms with Gasteiger partial charge in [0.1, 0.15) is 0 Å². The molecule has 2 fully saturated rings. The summed E-state index contributed by atoms with van der Waals surface area (Å²) in [6.45, 7) is 10.8. The second-order valence-electron chi connectivity index (χ2n) is 6.41. The predicted molar refractivity (Wildman–Crippen MR) is 84.2 cm³/mol. The molecule has 0 saturated carbocycles.